The van der Waals surface area contributed by atoms with Crippen LogP contribution in [-0.4, -0.2) is 25.5 Å². The molecule has 0 atom stereocenters. The van der Waals surface area contributed by atoms with Crippen LogP contribution in [0.25, 0.3) is 0 Å². The second-order valence-electron chi connectivity index (χ2n) is 4.23. The van der Waals surface area contributed by atoms with Crippen molar-refractivity contribution in [3.8, 4) is 0 Å². The fourth-order valence-electron chi connectivity index (χ4n) is 1.54. The maximum absolute atomic E-state index is 3.40. The van der Waals surface area contributed by atoms with Crippen molar-refractivity contribution in [2.75, 3.05) is 20.6 Å². The Kier molecular flexibility index (Phi) is 5.37. The van der Waals surface area contributed by atoms with Crippen LogP contribution in [0.4, 0.5) is 0 Å². The van der Waals surface area contributed by atoms with Gasteiger partial charge in [-0.3, -0.25) is 0 Å². The highest BCUT2D eigenvalue weighted by Crippen LogP contribution is 2.05. The molecule has 1 N–H and O–H groups in total. The lowest BCUT2D eigenvalue weighted by Crippen LogP contribution is -2.14. The number of hydrogen-bond acceptors (Lipinski definition) is 2. The Hall–Kier alpha value is -0.860. The maximum atomic E-state index is 3.40. The van der Waals surface area contributed by atoms with Gasteiger partial charge in [-0.05, 0) is 38.2 Å². The van der Waals surface area contributed by atoms with Crippen LogP contribution in [0, 0.1) is 0 Å². The first-order valence-corrected chi connectivity index (χ1v) is 5.65. The van der Waals surface area contributed by atoms with Crippen molar-refractivity contribution in [3.63, 3.8) is 0 Å². The summed E-state index contributed by atoms with van der Waals surface area (Å²) in [7, 11) is 4.19. The lowest BCUT2D eigenvalue weighted by atomic mass is 10.1. The van der Waals surface area contributed by atoms with E-state index in [0.29, 0.717) is 0 Å². The third-order valence-corrected chi connectivity index (χ3v) is 2.28. The molecule has 0 aliphatic rings. The van der Waals surface area contributed by atoms with Crippen molar-refractivity contribution in [3.05, 3.63) is 35.4 Å². The molecule has 2 heteroatoms. The van der Waals surface area contributed by atoms with Crippen LogP contribution in [0.1, 0.15) is 24.5 Å². The molecule has 0 aliphatic carbocycles. The lowest BCUT2D eigenvalue weighted by molar-refractivity contribution is 0.402. The van der Waals surface area contributed by atoms with Crippen molar-refractivity contribution in [2.24, 2.45) is 0 Å². The summed E-state index contributed by atoms with van der Waals surface area (Å²) in [5.41, 5.74) is 2.74. The van der Waals surface area contributed by atoms with Gasteiger partial charge in [0.05, 0.1) is 0 Å². The predicted molar refractivity (Wildman–Crippen MR) is 65.8 cm³/mol. The van der Waals surface area contributed by atoms with Gasteiger partial charge in [-0.1, -0.05) is 31.2 Å². The highest BCUT2D eigenvalue weighted by molar-refractivity contribution is 5.22. The van der Waals surface area contributed by atoms with Gasteiger partial charge in [0.2, 0.25) is 0 Å². The van der Waals surface area contributed by atoms with Crippen molar-refractivity contribution < 1.29 is 0 Å². The summed E-state index contributed by atoms with van der Waals surface area (Å²) in [6.07, 6.45) is 1.19. The van der Waals surface area contributed by atoms with Crippen LogP contribution in [0.15, 0.2) is 24.3 Å². The van der Waals surface area contributed by atoms with E-state index in [2.05, 4.69) is 55.5 Å². The Morgan fingerprint density at radius 3 is 2.20 bits per heavy atom. The second kappa shape index (κ2) is 6.59. The largest absolute Gasteiger partial charge is 0.313 e. The normalized spacial score (nSPS) is 10.9. The lowest BCUT2D eigenvalue weighted by Gasteiger charge is -2.10. The van der Waals surface area contributed by atoms with Gasteiger partial charge in [0.1, 0.15) is 0 Å². The molecule has 0 amide bonds. The highest BCUT2D eigenvalue weighted by Gasteiger charge is 1.95. The molecular weight excluding hydrogens is 184 g/mol. The minimum atomic E-state index is 0.982. The van der Waals surface area contributed by atoms with Gasteiger partial charge < -0.3 is 10.2 Å². The molecule has 0 saturated carbocycles. The first-order chi connectivity index (χ1) is 7.22. The number of nitrogens with zero attached hydrogens (tertiary/aromatic N) is 1. The Morgan fingerprint density at radius 1 is 1.07 bits per heavy atom. The molecule has 84 valence electrons. The van der Waals surface area contributed by atoms with E-state index in [1.54, 1.807) is 0 Å². The molecule has 0 spiro atoms. The molecule has 0 aromatic heterocycles. The van der Waals surface area contributed by atoms with E-state index in [9.17, 15) is 0 Å². The second-order valence-corrected chi connectivity index (χ2v) is 4.23. The summed E-state index contributed by atoms with van der Waals surface area (Å²) in [4.78, 5) is 2.18. The van der Waals surface area contributed by atoms with E-state index >= 15 is 0 Å². The van der Waals surface area contributed by atoms with E-state index in [1.165, 1.54) is 17.5 Å². The van der Waals surface area contributed by atoms with Gasteiger partial charge >= 0.3 is 0 Å². The summed E-state index contributed by atoms with van der Waals surface area (Å²) in [5, 5.41) is 3.40. The summed E-state index contributed by atoms with van der Waals surface area (Å²) in [6.45, 7) is 5.28. The molecule has 0 heterocycles. The Morgan fingerprint density at radius 2 is 1.67 bits per heavy atom. The van der Waals surface area contributed by atoms with Crippen LogP contribution in [0.3, 0.4) is 0 Å². The molecule has 0 bridgehead atoms. The first kappa shape index (κ1) is 12.2. The minimum Gasteiger partial charge on any atom is -0.313 e. The number of rotatable bonds is 6. The topological polar surface area (TPSA) is 15.3 Å². The van der Waals surface area contributed by atoms with Gasteiger partial charge in [0.15, 0.2) is 0 Å². The molecule has 1 rings (SSSR count). The average molecular weight is 206 g/mol. The quantitative estimate of drug-likeness (QED) is 0.718. The van der Waals surface area contributed by atoms with Crippen LogP contribution in [0.2, 0.25) is 0 Å². The van der Waals surface area contributed by atoms with E-state index in [0.717, 1.165) is 19.6 Å². The summed E-state index contributed by atoms with van der Waals surface area (Å²) in [5.74, 6) is 0. The molecular formula is C13H22N2. The molecule has 1 aromatic carbocycles. The van der Waals surface area contributed by atoms with E-state index < -0.39 is 0 Å². The average Bonchev–Trinajstić information content (AvgIpc) is 2.20. The van der Waals surface area contributed by atoms with Crippen molar-refractivity contribution in [1.29, 1.82) is 0 Å². The maximum Gasteiger partial charge on any atom is 0.0227 e. The standard InChI is InChI=1S/C13H22N2/c1-4-9-14-10-12-5-7-13(8-6-12)11-15(2)3/h5-8,14H,4,9-11H2,1-3H3. The number of hydrogen-bond donors (Lipinski definition) is 1. The van der Waals surface area contributed by atoms with Crippen molar-refractivity contribution in [2.45, 2.75) is 26.4 Å². The first-order valence-electron chi connectivity index (χ1n) is 5.65. The molecule has 15 heavy (non-hydrogen) atoms. The van der Waals surface area contributed by atoms with E-state index in [4.69, 9.17) is 0 Å². The molecule has 1 aromatic rings. The van der Waals surface area contributed by atoms with Crippen molar-refractivity contribution >= 4 is 0 Å². The fraction of sp³-hybridized carbons (Fsp3) is 0.538. The summed E-state index contributed by atoms with van der Waals surface area (Å²) in [6, 6.07) is 8.84. The van der Waals surface area contributed by atoms with Crippen LogP contribution >= 0.6 is 0 Å². The molecule has 0 fully saturated rings. The van der Waals surface area contributed by atoms with Gasteiger partial charge in [-0.25, -0.2) is 0 Å². The molecule has 2 nitrogen and oxygen atoms in total. The van der Waals surface area contributed by atoms with E-state index in [-0.39, 0.29) is 0 Å². The summed E-state index contributed by atoms with van der Waals surface area (Å²) < 4.78 is 0. The minimum absolute atomic E-state index is 0.982. The number of nitrogens with one attached hydrogen (secondary N) is 1. The molecule has 0 aliphatic heterocycles. The van der Waals surface area contributed by atoms with Gasteiger partial charge in [-0.15, -0.1) is 0 Å². The Labute approximate surface area is 93.3 Å². The van der Waals surface area contributed by atoms with Crippen LogP contribution in [0.5, 0.6) is 0 Å². The Bertz CT molecular complexity index is 264. The molecule has 0 unspecified atom stereocenters. The smallest absolute Gasteiger partial charge is 0.0227 e. The van der Waals surface area contributed by atoms with Gasteiger partial charge in [-0.2, -0.15) is 0 Å². The highest BCUT2D eigenvalue weighted by atomic mass is 15.0. The third kappa shape index (κ3) is 4.96. The Balaban J connectivity index is 2.42. The molecule has 0 radical (unpaired) electrons. The zero-order valence-corrected chi connectivity index (χ0v) is 10.1. The molecule has 0 saturated heterocycles. The van der Waals surface area contributed by atoms with Crippen LogP contribution < -0.4 is 5.32 Å². The zero-order valence-electron chi connectivity index (χ0n) is 10.1. The van der Waals surface area contributed by atoms with Crippen LogP contribution in [-0.2, 0) is 13.1 Å². The third-order valence-electron chi connectivity index (χ3n) is 2.28. The predicted octanol–water partition coefficient (Wildman–Crippen LogP) is 2.25. The van der Waals surface area contributed by atoms with Gasteiger partial charge in [0, 0.05) is 13.1 Å². The van der Waals surface area contributed by atoms with Gasteiger partial charge in [0.25, 0.3) is 0 Å². The van der Waals surface area contributed by atoms with E-state index in [1.807, 2.05) is 0 Å². The van der Waals surface area contributed by atoms with Crippen molar-refractivity contribution in [1.82, 2.24) is 10.2 Å². The fourth-order valence-corrected chi connectivity index (χ4v) is 1.54. The zero-order chi connectivity index (χ0) is 11.1. The number of benzene rings is 1. The summed E-state index contributed by atoms with van der Waals surface area (Å²) >= 11 is 0. The SMILES string of the molecule is CCCNCc1ccc(CN(C)C)cc1. The monoisotopic (exact) mass is 206 g/mol.